The molecule has 8 nitrogen and oxygen atoms in total. The van der Waals surface area contributed by atoms with Crippen LogP contribution < -0.4 is 4.74 Å². The van der Waals surface area contributed by atoms with Crippen LogP contribution in [0.25, 0.3) is 5.76 Å². The van der Waals surface area contributed by atoms with Crippen molar-refractivity contribution in [3.8, 4) is 5.75 Å². The molecule has 1 aromatic heterocycles. The van der Waals surface area contributed by atoms with Crippen LogP contribution in [-0.4, -0.2) is 77.1 Å². The number of nitrogens with zero attached hydrogens (tertiary/aromatic N) is 2. The number of ether oxygens (including phenoxy) is 2. The zero-order valence-corrected chi connectivity index (χ0v) is 21.2. The topological polar surface area (TPSA) is 95.1 Å². The summed E-state index contributed by atoms with van der Waals surface area (Å²) in [5, 5.41) is 11.4. The van der Waals surface area contributed by atoms with Gasteiger partial charge in [-0.3, -0.25) is 14.5 Å². The highest BCUT2D eigenvalue weighted by atomic mass is 16.5. The van der Waals surface area contributed by atoms with Crippen molar-refractivity contribution in [1.82, 2.24) is 14.8 Å². The van der Waals surface area contributed by atoms with Crippen LogP contribution in [0.15, 0.2) is 29.8 Å². The third kappa shape index (κ3) is 4.99. The van der Waals surface area contributed by atoms with E-state index in [4.69, 9.17) is 9.47 Å². The summed E-state index contributed by atoms with van der Waals surface area (Å²) >= 11 is 0. The molecule has 1 unspecified atom stereocenters. The number of amides is 1. The van der Waals surface area contributed by atoms with Crippen molar-refractivity contribution in [3.05, 3.63) is 57.9 Å². The van der Waals surface area contributed by atoms with Crippen molar-refractivity contribution < 1.29 is 24.2 Å². The maximum atomic E-state index is 13.3. The molecule has 0 spiro atoms. The summed E-state index contributed by atoms with van der Waals surface area (Å²) in [6.07, 6.45) is 0.0304. The minimum atomic E-state index is -0.682. The molecule has 188 valence electrons. The van der Waals surface area contributed by atoms with Gasteiger partial charge < -0.3 is 24.5 Å². The minimum absolute atomic E-state index is 0.0304. The Morgan fingerprint density at radius 2 is 1.74 bits per heavy atom. The van der Waals surface area contributed by atoms with E-state index in [2.05, 4.69) is 9.88 Å². The van der Waals surface area contributed by atoms with E-state index in [9.17, 15) is 14.7 Å². The first-order valence-corrected chi connectivity index (χ1v) is 12.2. The number of morpholine rings is 1. The first-order valence-electron chi connectivity index (χ1n) is 12.2. The molecule has 2 aliphatic rings. The number of aryl methyl sites for hydroxylation is 2. The summed E-state index contributed by atoms with van der Waals surface area (Å²) in [6, 6.07) is 6.73. The van der Waals surface area contributed by atoms with Crippen molar-refractivity contribution in [2.75, 3.05) is 39.4 Å². The number of aliphatic hydroxyl groups excluding tert-OH is 1. The van der Waals surface area contributed by atoms with Gasteiger partial charge in [0.1, 0.15) is 11.5 Å². The summed E-state index contributed by atoms with van der Waals surface area (Å²) < 4.78 is 11.2. The Kier molecular flexibility index (Phi) is 7.33. The van der Waals surface area contributed by atoms with Crippen LogP contribution in [0.4, 0.5) is 0 Å². The molecule has 1 atom stereocenters. The van der Waals surface area contributed by atoms with Crippen molar-refractivity contribution >= 4 is 17.4 Å². The minimum Gasteiger partial charge on any atom is -0.507 e. The average Bonchev–Trinajstić information content (AvgIpc) is 3.23. The normalized spacial score (nSPS) is 20.7. The van der Waals surface area contributed by atoms with E-state index < -0.39 is 17.7 Å². The Morgan fingerprint density at radius 3 is 2.31 bits per heavy atom. The molecule has 1 amide bonds. The highest BCUT2D eigenvalue weighted by molar-refractivity contribution is 6.46. The maximum Gasteiger partial charge on any atom is 0.295 e. The van der Waals surface area contributed by atoms with Crippen LogP contribution in [0, 0.1) is 20.8 Å². The summed E-state index contributed by atoms with van der Waals surface area (Å²) in [7, 11) is 0. The second-order valence-electron chi connectivity index (χ2n) is 9.56. The Bertz CT molecular complexity index is 1130. The number of Topliss-reactive ketones (excluding diaryl/α,β-unsaturated/α-hetero) is 1. The standard InChI is InChI=1S/C27H35N3O5/c1-16(2)35-21-8-6-20(7-9-21)24-23(25(31)22-17(3)18(4)28-19(22)5)26(32)27(33)30(24)11-10-29-12-14-34-15-13-29/h6-9,16,24,28,31H,10-15H2,1-5H3/b25-23+. The van der Waals surface area contributed by atoms with E-state index in [1.165, 1.54) is 0 Å². The Balaban J connectivity index is 1.76. The number of aromatic amines is 1. The molecule has 2 aliphatic heterocycles. The molecule has 2 fully saturated rings. The first-order chi connectivity index (χ1) is 16.7. The fraction of sp³-hybridized carbons (Fsp3) is 0.481. The van der Waals surface area contributed by atoms with Gasteiger partial charge in [0.15, 0.2) is 0 Å². The Labute approximate surface area is 206 Å². The van der Waals surface area contributed by atoms with E-state index in [1.807, 2.05) is 58.9 Å². The Hall–Kier alpha value is -3.10. The lowest BCUT2D eigenvalue weighted by Crippen LogP contribution is -2.42. The van der Waals surface area contributed by atoms with Crippen LogP contribution in [0.2, 0.25) is 0 Å². The highest BCUT2D eigenvalue weighted by Crippen LogP contribution is 2.41. The molecule has 2 aromatic rings. The number of rotatable bonds is 7. The van der Waals surface area contributed by atoms with Crippen molar-refractivity contribution in [3.63, 3.8) is 0 Å². The average molecular weight is 482 g/mol. The maximum absolute atomic E-state index is 13.3. The zero-order chi connectivity index (χ0) is 25.3. The lowest BCUT2D eigenvalue weighted by Gasteiger charge is -2.31. The molecule has 0 aliphatic carbocycles. The second kappa shape index (κ2) is 10.3. The molecular weight excluding hydrogens is 446 g/mol. The number of aliphatic hydroxyl groups is 1. The predicted molar refractivity (Wildman–Crippen MR) is 133 cm³/mol. The number of nitrogens with one attached hydrogen (secondary N) is 1. The third-order valence-electron chi connectivity index (χ3n) is 6.79. The number of benzene rings is 1. The molecule has 8 heteroatoms. The number of carbonyl (C=O) groups excluding carboxylic acids is 2. The van der Waals surface area contributed by atoms with Crippen molar-refractivity contribution in [2.45, 2.75) is 46.8 Å². The highest BCUT2D eigenvalue weighted by Gasteiger charge is 2.46. The summed E-state index contributed by atoms with van der Waals surface area (Å²) in [4.78, 5) is 33.6. The number of likely N-dealkylation sites (tertiary alicyclic amines) is 1. The summed E-state index contributed by atoms with van der Waals surface area (Å²) in [5.41, 5.74) is 4.00. The van der Waals surface area contributed by atoms with Gasteiger partial charge in [-0.1, -0.05) is 12.1 Å². The molecule has 0 radical (unpaired) electrons. The van der Waals surface area contributed by atoms with Gasteiger partial charge in [0, 0.05) is 43.1 Å². The number of H-pyrrole nitrogens is 1. The number of hydrogen-bond acceptors (Lipinski definition) is 6. The molecule has 0 saturated carbocycles. The smallest absolute Gasteiger partial charge is 0.295 e. The molecule has 2 saturated heterocycles. The van der Waals surface area contributed by atoms with Crippen molar-refractivity contribution in [1.29, 1.82) is 0 Å². The van der Waals surface area contributed by atoms with E-state index in [0.717, 1.165) is 35.6 Å². The summed E-state index contributed by atoms with van der Waals surface area (Å²) in [6.45, 7) is 13.5. The number of carbonyl (C=O) groups is 2. The van der Waals surface area contributed by atoms with Gasteiger partial charge in [-0.2, -0.15) is 0 Å². The van der Waals surface area contributed by atoms with Gasteiger partial charge in [-0.05, 0) is 57.9 Å². The lowest BCUT2D eigenvalue weighted by molar-refractivity contribution is -0.140. The van der Waals surface area contributed by atoms with Crippen LogP contribution in [-0.2, 0) is 14.3 Å². The number of aromatic nitrogens is 1. The second-order valence-corrected chi connectivity index (χ2v) is 9.56. The fourth-order valence-corrected chi connectivity index (χ4v) is 4.93. The quantitative estimate of drug-likeness (QED) is 0.357. The van der Waals surface area contributed by atoms with Gasteiger partial charge in [-0.25, -0.2) is 0 Å². The van der Waals surface area contributed by atoms with E-state index in [0.29, 0.717) is 37.6 Å². The van der Waals surface area contributed by atoms with Crippen molar-refractivity contribution in [2.24, 2.45) is 0 Å². The zero-order valence-electron chi connectivity index (χ0n) is 21.2. The first kappa shape index (κ1) is 25.0. The van der Waals surface area contributed by atoms with E-state index in [-0.39, 0.29) is 17.4 Å². The van der Waals surface area contributed by atoms with Gasteiger partial charge >= 0.3 is 0 Å². The van der Waals surface area contributed by atoms with Gasteiger partial charge in [-0.15, -0.1) is 0 Å². The van der Waals surface area contributed by atoms with E-state index >= 15 is 0 Å². The SMILES string of the molecule is Cc1[nH]c(C)c(/C(O)=C2\C(=O)C(=O)N(CCN3CCOCC3)C2c2ccc(OC(C)C)cc2)c1C. The molecule has 4 rings (SSSR count). The molecule has 35 heavy (non-hydrogen) atoms. The van der Waals surface area contributed by atoms with Gasteiger partial charge in [0.05, 0.1) is 30.9 Å². The Morgan fingerprint density at radius 1 is 1.09 bits per heavy atom. The van der Waals surface area contributed by atoms with Gasteiger partial charge in [0.25, 0.3) is 11.7 Å². The van der Waals surface area contributed by atoms with Crippen LogP contribution in [0.5, 0.6) is 5.75 Å². The number of hydrogen-bond donors (Lipinski definition) is 2. The molecule has 3 heterocycles. The molecule has 1 aromatic carbocycles. The fourth-order valence-electron chi connectivity index (χ4n) is 4.93. The third-order valence-corrected chi connectivity index (χ3v) is 6.79. The molecule has 0 bridgehead atoms. The van der Waals surface area contributed by atoms with Gasteiger partial charge in [0.2, 0.25) is 0 Å². The molecule has 2 N–H and O–H groups in total. The van der Waals surface area contributed by atoms with Crippen LogP contribution in [0.1, 0.15) is 48.0 Å². The lowest BCUT2D eigenvalue weighted by atomic mass is 9.94. The predicted octanol–water partition coefficient (Wildman–Crippen LogP) is 3.48. The number of ketones is 1. The van der Waals surface area contributed by atoms with E-state index in [1.54, 1.807) is 4.90 Å². The summed E-state index contributed by atoms with van der Waals surface area (Å²) in [5.74, 6) is -0.671. The van der Waals surface area contributed by atoms with Crippen LogP contribution >= 0.6 is 0 Å². The van der Waals surface area contributed by atoms with Crippen LogP contribution in [0.3, 0.4) is 0 Å². The monoisotopic (exact) mass is 481 g/mol. The largest absolute Gasteiger partial charge is 0.507 e. The molecular formula is C27H35N3O5.